The first-order chi connectivity index (χ1) is 9.40. The van der Waals surface area contributed by atoms with Crippen LogP contribution in [0.15, 0.2) is 0 Å². The maximum absolute atomic E-state index is 12.2. The molecule has 4 fully saturated rings. The Kier molecular flexibility index (Phi) is 3.63. The molecule has 0 saturated heterocycles. The zero-order chi connectivity index (χ0) is 14.5. The summed E-state index contributed by atoms with van der Waals surface area (Å²) in [5.41, 5.74) is -0.275. The van der Waals surface area contributed by atoms with Gasteiger partial charge in [-0.05, 0) is 76.0 Å². The molecule has 0 aromatic carbocycles. The van der Waals surface area contributed by atoms with E-state index in [0.29, 0.717) is 5.92 Å². The van der Waals surface area contributed by atoms with Gasteiger partial charge in [0.25, 0.3) is 0 Å². The standard InChI is InChI=1S/C18H30O2/c1-5-11(2)17(19)20-18(3,4)16-14-7-12-6-13(9-14)10-15(16)8-12/h11-16H,5-10H2,1-4H3. The minimum absolute atomic E-state index is 0.00584. The van der Waals surface area contributed by atoms with Gasteiger partial charge in [0, 0.05) is 5.92 Å². The number of hydrogen-bond acceptors (Lipinski definition) is 2. The van der Waals surface area contributed by atoms with Gasteiger partial charge in [0.05, 0.1) is 5.92 Å². The van der Waals surface area contributed by atoms with Crippen LogP contribution in [0.25, 0.3) is 0 Å². The van der Waals surface area contributed by atoms with Gasteiger partial charge in [-0.15, -0.1) is 0 Å². The van der Waals surface area contributed by atoms with Gasteiger partial charge in [0.1, 0.15) is 5.60 Å². The average Bonchev–Trinajstić information content (AvgIpc) is 2.35. The third kappa shape index (κ3) is 2.40. The highest BCUT2D eigenvalue weighted by atomic mass is 16.6. The molecule has 0 N–H and O–H groups in total. The molecular formula is C18H30O2. The lowest BCUT2D eigenvalue weighted by atomic mass is 9.49. The number of ether oxygens (including phenoxy) is 1. The van der Waals surface area contributed by atoms with Crippen molar-refractivity contribution < 1.29 is 9.53 Å². The van der Waals surface area contributed by atoms with Crippen LogP contribution in [0.1, 0.15) is 66.2 Å². The van der Waals surface area contributed by atoms with Crippen molar-refractivity contribution in [3.63, 3.8) is 0 Å². The predicted molar refractivity (Wildman–Crippen MR) is 80.2 cm³/mol. The van der Waals surface area contributed by atoms with E-state index >= 15 is 0 Å². The molecule has 0 aliphatic heterocycles. The Morgan fingerprint density at radius 2 is 1.60 bits per heavy atom. The molecule has 0 aromatic heterocycles. The molecule has 4 aliphatic carbocycles. The molecule has 4 aliphatic rings. The summed E-state index contributed by atoms with van der Waals surface area (Å²) in [4.78, 5) is 12.2. The van der Waals surface area contributed by atoms with Crippen LogP contribution in [0.2, 0.25) is 0 Å². The second-order valence-electron chi connectivity index (χ2n) is 8.29. The van der Waals surface area contributed by atoms with Crippen LogP contribution < -0.4 is 0 Å². The predicted octanol–water partition coefficient (Wildman–Crippen LogP) is 4.43. The quantitative estimate of drug-likeness (QED) is 0.711. The zero-order valence-corrected chi connectivity index (χ0v) is 13.5. The topological polar surface area (TPSA) is 26.3 Å². The van der Waals surface area contributed by atoms with Gasteiger partial charge in [0.15, 0.2) is 0 Å². The Hall–Kier alpha value is -0.530. The second kappa shape index (κ2) is 5.03. The lowest BCUT2D eigenvalue weighted by Gasteiger charge is -2.58. The molecule has 4 rings (SSSR count). The molecule has 0 spiro atoms. The summed E-state index contributed by atoms with van der Waals surface area (Å²) in [6.07, 6.45) is 7.91. The maximum atomic E-state index is 12.2. The molecule has 2 heteroatoms. The van der Waals surface area contributed by atoms with Gasteiger partial charge in [-0.1, -0.05) is 13.8 Å². The minimum Gasteiger partial charge on any atom is -0.459 e. The number of carbonyl (C=O) groups excluding carboxylic acids is 1. The van der Waals surface area contributed by atoms with Gasteiger partial charge in [-0.3, -0.25) is 4.79 Å². The molecule has 0 aromatic rings. The summed E-state index contributed by atoms with van der Waals surface area (Å²) in [6.45, 7) is 8.37. The van der Waals surface area contributed by atoms with Gasteiger partial charge in [-0.2, -0.15) is 0 Å². The summed E-state index contributed by atoms with van der Waals surface area (Å²) < 4.78 is 5.98. The summed E-state index contributed by atoms with van der Waals surface area (Å²) in [5.74, 6) is 4.22. The summed E-state index contributed by atoms with van der Waals surface area (Å²) >= 11 is 0. The fourth-order valence-corrected chi connectivity index (χ4v) is 5.65. The molecule has 4 saturated carbocycles. The second-order valence-corrected chi connectivity index (χ2v) is 8.29. The number of rotatable bonds is 4. The molecule has 1 atom stereocenters. The fraction of sp³-hybridized carbons (Fsp3) is 0.944. The van der Waals surface area contributed by atoms with E-state index in [9.17, 15) is 4.79 Å². The van der Waals surface area contributed by atoms with Gasteiger partial charge in [0.2, 0.25) is 0 Å². The molecule has 2 nitrogen and oxygen atoms in total. The van der Waals surface area contributed by atoms with Crippen molar-refractivity contribution in [3.05, 3.63) is 0 Å². The maximum Gasteiger partial charge on any atom is 0.309 e. The van der Waals surface area contributed by atoms with E-state index < -0.39 is 0 Å². The molecule has 1 unspecified atom stereocenters. The Morgan fingerprint density at radius 3 is 2.05 bits per heavy atom. The monoisotopic (exact) mass is 278 g/mol. The number of esters is 1. The molecule has 0 amide bonds. The highest BCUT2D eigenvalue weighted by Crippen LogP contribution is 2.59. The summed E-state index contributed by atoms with van der Waals surface area (Å²) in [7, 11) is 0. The van der Waals surface area contributed by atoms with Crippen molar-refractivity contribution in [2.75, 3.05) is 0 Å². The van der Waals surface area contributed by atoms with Crippen molar-refractivity contribution in [2.24, 2.45) is 35.5 Å². The fourth-order valence-electron chi connectivity index (χ4n) is 5.65. The third-order valence-electron chi connectivity index (χ3n) is 6.41. The lowest BCUT2D eigenvalue weighted by Crippen LogP contribution is -2.54. The highest BCUT2D eigenvalue weighted by Gasteiger charge is 2.54. The molecule has 20 heavy (non-hydrogen) atoms. The van der Waals surface area contributed by atoms with E-state index in [-0.39, 0.29) is 17.5 Å². The summed E-state index contributed by atoms with van der Waals surface area (Å²) in [6, 6.07) is 0. The Morgan fingerprint density at radius 1 is 1.10 bits per heavy atom. The van der Waals surface area contributed by atoms with E-state index in [2.05, 4.69) is 20.8 Å². The highest BCUT2D eigenvalue weighted by molar-refractivity contribution is 5.72. The van der Waals surface area contributed by atoms with Crippen LogP contribution in [0.5, 0.6) is 0 Å². The van der Waals surface area contributed by atoms with Crippen LogP contribution in [-0.4, -0.2) is 11.6 Å². The molecule has 114 valence electrons. The lowest BCUT2D eigenvalue weighted by molar-refractivity contribution is -0.184. The van der Waals surface area contributed by atoms with Crippen LogP contribution in [0, 0.1) is 35.5 Å². The van der Waals surface area contributed by atoms with Crippen molar-refractivity contribution >= 4 is 5.97 Å². The molecule has 0 heterocycles. The third-order valence-corrected chi connectivity index (χ3v) is 6.41. The Balaban J connectivity index is 1.72. The van der Waals surface area contributed by atoms with E-state index in [0.717, 1.165) is 30.1 Å². The first-order valence-electron chi connectivity index (χ1n) is 8.63. The Bertz CT molecular complexity index is 357. The van der Waals surface area contributed by atoms with Crippen LogP contribution >= 0.6 is 0 Å². The first-order valence-corrected chi connectivity index (χ1v) is 8.63. The first kappa shape index (κ1) is 14.4. The number of carbonyl (C=O) groups is 1. The van der Waals surface area contributed by atoms with Gasteiger partial charge < -0.3 is 4.74 Å². The van der Waals surface area contributed by atoms with E-state index in [4.69, 9.17) is 4.74 Å². The Labute approximate surface area is 123 Å². The largest absolute Gasteiger partial charge is 0.459 e. The van der Waals surface area contributed by atoms with Gasteiger partial charge >= 0.3 is 5.97 Å². The number of hydrogen-bond donors (Lipinski definition) is 0. The molecule has 4 bridgehead atoms. The van der Waals surface area contributed by atoms with Crippen molar-refractivity contribution in [1.82, 2.24) is 0 Å². The van der Waals surface area contributed by atoms with Crippen molar-refractivity contribution in [2.45, 2.75) is 71.8 Å². The van der Waals surface area contributed by atoms with Crippen LogP contribution in [0.3, 0.4) is 0 Å². The van der Waals surface area contributed by atoms with Gasteiger partial charge in [-0.25, -0.2) is 0 Å². The smallest absolute Gasteiger partial charge is 0.309 e. The molecule has 0 radical (unpaired) electrons. The zero-order valence-electron chi connectivity index (χ0n) is 13.5. The molecular weight excluding hydrogens is 248 g/mol. The minimum atomic E-state index is -0.275. The summed E-state index contributed by atoms with van der Waals surface area (Å²) in [5, 5.41) is 0. The van der Waals surface area contributed by atoms with Crippen molar-refractivity contribution in [3.8, 4) is 0 Å². The average molecular weight is 278 g/mol. The normalized spacial score (nSPS) is 40.7. The SMILES string of the molecule is CCC(C)C(=O)OC(C)(C)C1C2CC3CC(C2)CC1C3. The van der Waals surface area contributed by atoms with Crippen LogP contribution in [0.4, 0.5) is 0 Å². The van der Waals surface area contributed by atoms with E-state index in [1.54, 1.807) is 0 Å². The van der Waals surface area contributed by atoms with E-state index in [1.165, 1.54) is 32.1 Å². The van der Waals surface area contributed by atoms with Crippen LogP contribution in [-0.2, 0) is 9.53 Å². The van der Waals surface area contributed by atoms with E-state index in [1.807, 2.05) is 6.92 Å². The van der Waals surface area contributed by atoms with Crippen molar-refractivity contribution in [1.29, 1.82) is 0 Å².